The first-order valence-electron chi connectivity index (χ1n) is 10.5. The smallest absolute Gasteiger partial charge is 0.318 e. The molecular formula is C26H27ClN2O2. The van der Waals surface area contributed by atoms with Crippen molar-refractivity contribution in [2.75, 3.05) is 0 Å². The third-order valence-electron chi connectivity index (χ3n) is 5.65. The molecule has 1 aromatic heterocycles. The Morgan fingerprint density at radius 3 is 2.42 bits per heavy atom. The van der Waals surface area contributed by atoms with E-state index >= 15 is 0 Å². The van der Waals surface area contributed by atoms with Gasteiger partial charge in [0.1, 0.15) is 0 Å². The zero-order valence-corrected chi connectivity index (χ0v) is 19.4. The highest BCUT2D eigenvalue weighted by atomic mass is 35.5. The van der Waals surface area contributed by atoms with Crippen molar-refractivity contribution in [1.29, 1.82) is 0 Å². The molecule has 2 aromatic carbocycles. The summed E-state index contributed by atoms with van der Waals surface area (Å²) in [6.45, 7) is 10.8. The Hall–Kier alpha value is -2.85. The number of benzene rings is 2. The van der Waals surface area contributed by atoms with Gasteiger partial charge in [-0.3, -0.25) is 0 Å². The van der Waals surface area contributed by atoms with Crippen LogP contribution in [-0.2, 0) is 11.3 Å². The molecular weight excluding hydrogens is 408 g/mol. The lowest BCUT2D eigenvalue weighted by molar-refractivity contribution is 0.0514. The third-order valence-corrected chi connectivity index (χ3v) is 5.89. The molecule has 4 nitrogen and oxygen atoms in total. The fourth-order valence-electron chi connectivity index (χ4n) is 4.46. The molecule has 0 saturated carbocycles. The lowest BCUT2D eigenvalue weighted by Crippen LogP contribution is -2.28. The SMILES string of the molecule is Cc1cc(C)cc(-n2c(C)cc3c2CC(C)(C)C/C3=N\OC(=O)c2cccc(Cl)c2)c1. The molecule has 0 N–H and O–H groups in total. The molecule has 0 radical (unpaired) electrons. The molecule has 1 heterocycles. The van der Waals surface area contributed by atoms with E-state index in [2.05, 4.69) is 68.6 Å². The highest BCUT2D eigenvalue weighted by molar-refractivity contribution is 6.30. The Labute approximate surface area is 188 Å². The van der Waals surface area contributed by atoms with Crippen molar-refractivity contribution in [3.63, 3.8) is 0 Å². The van der Waals surface area contributed by atoms with E-state index in [9.17, 15) is 4.79 Å². The first kappa shape index (κ1) is 21.4. The number of hydrogen-bond acceptors (Lipinski definition) is 3. The van der Waals surface area contributed by atoms with Gasteiger partial charge in [0.2, 0.25) is 0 Å². The van der Waals surface area contributed by atoms with E-state index < -0.39 is 5.97 Å². The van der Waals surface area contributed by atoms with Crippen LogP contribution in [0, 0.1) is 26.2 Å². The van der Waals surface area contributed by atoms with E-state index in [0.29, 0.717) is 10.6 Å². The van der Waals surface area contributed by atoms with Crippen LogP contribution in [-0.4, -0.2) is 16.2 Å². The van der Waals surface area contributed by atoms with E-state index in [-0.39, 0.29) is 5.41 Å². The van der Waals surface area contributed by atoms with Crippen LogP contribution >= 0.6 is 11.6 Å². The number of halogens is 1. The zero-order chi connectivity index (χ0) is 22.3. The number of rotatable bonds is 3. The summed E-state index contributed by atoms with van der Waals surface area (Å²) in [6.07, 6.45) is 1.66. The largest absolute Gasteiger partial charge is 0.365 e. The van der Waals surface area contributed by atoms with Crippen molar-refractivity contribution in [2.24, 2.45) is 10.6 Å². The Morgan fingerprint density at radius 2 is 1.74 bits per heavy atom. The Bertz CT molecular complexity index is 1180. The molecule has 0 saturated heterocycles. The number of fused-ring (bicyclic) bond motifs is 1. The summed E-state index contributed by atoms with van der Waals surface area (Å²) in [5.74, 6) is -0.509. The molecule has 1 aliphatic rings. The van der Waals surface area contributed by atoms with Crippen LogP contribution < -0.4 is 0 Å². The van der Waals surface area contributed by atoms with Crippen LogP contribution in [0.15, 0.2) is 53.7 Å². The maximum Gasteiger partial charge on any atom is 0.365 e. The highest BCUT2D eigenvalue weighted by Gasteiger charge is 2.34. The number of oxime groups is 1. The lowest BCUT2D eigenvalue weighted by atomic mass is 9.76. The predicted molar refractivity (Wildman–Crippen MR) is 125 cm³/mol. The summed E-state index contributed by atoms with van der Waals surface area (Å²) < 4.78 is 2.31. The Kier molecular flexibility index (Phi) is 5.52. The molecule has 5 heteroatoms. The van der Waals surface area contributed by atoms with Crippen LogP contribution in [0.2, 0.25) is 5.02 Å². The zero-order valence-electron chi connectivity index (χ0n) is 18.6. The molecule has 0 unspecified atom stereocenters. The molecule has 0 bridgehead atoms. The summed E-state index contributed by atoms with van der Waals surface area (Å²) in [5.41, 5.74) is 8.20. The fourth-order valence-corrected chi connectivity index (χ4v) is 4.65. The molecule has 0 spiro atoms. The minimum atomic E-state index is -0.509. The summed E-state index contributed by atoms with van der Waals surface area (Å²) in [7, 11) is 0. The molecule has 0 fully saturated rings. The van der Waals surface area contributed by atoms with Gasteiger partial charge in [-0.1, -0.05) is 42.7 Å². The number of carbonyl (C=O) groups is 1. The molecule has 0 atom stereocenters. The van der Waals surface area contributed by atoms with Gasteiger partial charge in [0.25, 0.3) is 0 Å². The molecule has 1 aliphatic carbocycles. The first-order valence-corrected chi connectivity index (χ1v) is 10.8. The summed E-state index contributed by atoms with van der Waals surface area (Å²) in [5, 5.41) is 4.81. The molecule has 0 amide bonds. The van der Waals surface area contributed by atoms with Gasteiger partial charge in [0, 0.05) is 27.7 Å². The fraction of sp³-hybridized carbons (Fsp3) is 0.308. The second-order valence-corrected chi connectivity index (χ2v) is 9.71. The van der Waals surface area contributed by atoms with Gasteiger partial charge < -0.3 is 9.40 Å². The number of aryl methyl sites for hydroxylation is 3. The van der Waals surface area contributed by atoms with E-state index in [1.165, 1.54) is 16.8 Å². The summed E-state index contributed by atoms with van der Waals surface area (Å²) in [6, 6.07) is 15.4. The van der Waals surface area contributed by atoms with Crippen molar-refractivity contribution >= 4 is 23.3 Å². The predicted octanol–water partition coefficient (Wildman–Crippen LogP) is 6.59. The molecule has 31 heavy (non-hydrogen) atoms. The quantitative estimate of drug-likeness (QED) is 0.344. The Morgan fingerprint density at radius 1 is 1.03 bits per heavy atom. The second-order valence-electron chi connectivity index (χ2n) is 9.27. The highest BCUT2D eigenvalue weighted by Crippen LogP contribution is 2.38. The van der Waals surface area contributed by atoms with E-state index in [0.717, 1.165) is 35.5 Å². The molecule has 160 valence electrons. The summed E-state index contributed by atoms with van der Waals surface area (Å²) >= 11 is 6.00. The average molecular weight is 435 g/mol. The first-order chi connectivity index (χ1) is 14.6. The van der Waals surface area contributed by atoms with Crippen LogP contribution in [0.3, 0.4) is 0 Å². The molecule has 0 aliphatic heterocycles. The minimum absolute atomic E-state index is 0.00426. The molecule has 4 rings (SSSR count). The van der Waals surface area contributed by atoms with Gasteiger partial charge in [-0.25, -0.2) is 4.79 Å². The minimum Gasteiger partial charge on any atom is -0.318 e. The van der Waals surface area contributed by atoms with Gasteiger partial charge >= 0.3 is 5.97 Å². The van der Waals surface area contributed by atoms with Crippen molar-refractivity contribution in [2.45, 2.75) is 47.5 Å². The van der Waals surface area contributed by atoms with Crippen LogP contribution in [0.4, 0.5) is 0 Å². The number of hydrogen-bond donors (Lipinski definition) is 0. The number of nitrogens with zero attached hydrogens (tertiary/aromatic N) is 2. The third kappa shape index (κ3) is 4.45. The van der Waals surface area contributed by atoms with Crippen molar-refractivity contribution in [3.05, 3.63) is 87.2 Å². The normalized spacial score (nSPS) is 16.3. The van der Waals surface area contributed by atoms with Gasteiger partial charge in [-0.2, -0.15) is 0 Å². The number of aromatic nitrogens is 1. The van der Waals surface area contributed by atoms with Crippen LogP contribution in [0.25, 0.3) is 5.69 Å². The maximum atomic E-state index is 12.5. The van der Waals surface area contributed by atoms with E-state index in [1.807, 2.05) is 0 Å². The van der Waals surface area contributed by atoms with Crippen molar-refractivity contribution in [1.82, 2.24) is 4.57 Å². The van der Waals surface area contributed by atoms with Gasteiger partial charge in [0.15, 0.2) is 0 Å². The standard InChI is InChI=1S/C26H27ClN2O2/c1-16-9-17(2)11-21(10-16)29-18(3)12-22-23(14-26(4,5)15-24(22)29)28-31-25(30)19-7-6-8-20(27)13-19/h6-13H,14-15H2,1-5H3/b28-23+. The summed E-state index contributed by atoms with van der Waals surface area (Å²) in [4.78, 5) is 17.8. The second kappa shape index (κ2) is 8.01. The monoisotopic (exact) mass is 434 g/mol. The van der Waals surface area contributed by atoms with Gasteiger partial charge in [-0.15, -0.1) is 0 Å². The lowest BCUT2D eigenvalue weighted by Gasteiger charge is -2.31. The Balaban J connectivity index is 1.74. The van der Waals surface area contributed by atoms with E-state index in [4.69, 9.17) is 16.4 Å². The number of carbonyl (C=O) groups excluding carboxylic acids is 1. The van der Waals surface area contributed by atoms with Crippen LogP contribution in [0.1, 0.15) is 58.7 Å². The van der Waals surface area contributed by atoms with Gasteiger partial charge in [-0.05, 0) is 86.6 Å². The van der Waals surface area contributed by atoms with E-state index in [1.54, 1.807) is 24.3 Å². The average Bonchev–Trinajstić information content (AvgIpc) is 2.99. The maximum absolute atomic E-state index is 12.5. The topological polar surface area (TPSA) is 43.6 Å². The van der Waals surface area contributed by atoms with Crippen LogP contribution in [0.5, 0.6) is 0 Å². The van der Waals surface area contributed by atoms with Gasteiger partial charge in [0.05, 0.1) is 11.3 Å². The van der Waals surface area contributed by atoms with Crippen molar-refractivity contribution in [3.8, 4) is 5.69 Å². The molecule has 3 aromatic rings. The van der Waals surface area contributed by atoms with Crippen molar-refractivity contribution < 1.29 is 9.63 Å².